The van der Waals surface area contributed by atoms with Crippen LogP contribution in [0.5, 0.6) is 0 Å². The Kier molecular flexibility index (Phi) is 5.77. The molecule has 30 heavy (non-hydrogen) atoms. The van der Waals surface area contributed by atoms with E-state index in [0.29, 0.717) is 6.04 Å². The molecule has 0 unspecified atom stereocenters. The van der Waals surface area contributed by atoms with Crippen LogP contribution < -0.4 is 0 Å². The largest absolute Gasteiger partial charge is 0.338 e. The molecule has 1 fully saturated rings. The van der Waals surface area contributed by atoms with Gasteiger partial charge < -0.3 is 4.90 Å². The summed E-state index contributed by atoms with van der Waals surface area (Å²) in [5.74, 6) is 1.12. The lowest BCUT2D eigenvalue weighted by atomic mass is 9.95. The highest BCUT2D eigenvalue weighted by molar-refractivity contribution is 8.14. The highest BCUT2D eigenvalue weighted by atomic mass is 35.5. The Labute approximate surface area is 191 Å². The van der Waals surface area contributed by atoms with E-state index in [-0.39, 0.29) is 12.1 Å². The van der Waals surface area contributed by atoms with Crippen LogP contribution in [0.3, 0.4) is 0 Å². The number of nitrogens with zero attached hydrogens (tertiary/aromatic N) is 3. The number of hydrogen-bond acceptors (Lipinski definition) is 5. The normalized spacial score (nSPS) is 22.8. The van der Waals surface area contributed by atoms with Crippen molar-refractivity contribution in [2.45, 2.75) is 41.3 Å². The second-order valence-corrected chi connectivity index (χ2v) is 10.0. The summed E-state index contributed by atoms with van der Waals surface area (Å²) < 4.78 is 0. The van der Waals surface area contributed by atoms with Gasteiger partial charge in [-0.1, -0.05) is 60.2 Å². The first kappa shape index (κ1) is 20.0. The summed E-state index contributed by atoms with van der Waals surface area (Å²) in [6.45, 7) is 2.27. The van der Waals surface area contributed by atoms with E-state index in [2.05, 4.69) is 65.3 Å². The van der Waals surface area contributed by atoms with Gasteiger partial charge in [0.15, 0.2) is 5.17 Å². The zero-order chi connectivity index (χ0) is 20.5. The third-order valence-corrected chi connectivity index (χ3v) is 7.99. The van der Waals surface area contributed by atoms with E-state index >= 15 is 0 Å². The summed E-state index contributed by atoms with van der Waals surface area (Å²) in [7, 11) is 0. The van der Waals surface area contributed by atoms with Gasteiger partial charge in [-0.05, 0) is 60.5 Å². The summed E-state index contributed by atoms with van der Waals surface area (Å²) in [6, 6.07) is 23.8. The van der Waals surface area contributed by atoms with Gasteiger partial charge in [-0.25, -0.2) is 0 Å². The van der Waals surface area contributed by atoms with Gasteiger partial charge in [-0.15, -0.1) is 0 Å². The molecule has 2 aliphatic heterocycles. The average molecular weight is 452 g/mol. The van der Waals surface area contributed by atoms with Gasteiger partial charge in [0.1, 0.15) is 6.04 Å². The lowest BCUT2D eigenvalue weighted by molar-refractivity contribution is 0.255. The molecule has 3 heterocycles. The molecule has 0 spiro atoms. The van der Waals surface area contributed by atoms with Crippen LogP contribution in [0.15, 0.2) is 87.7 Å². The van der Waals surface area contributed by atoms with E-state index in [0.717, 1.165) is 22.9 Å². The lowest BCUT2D eigenvalue weighted by Crippen LogP contribution is -2.35. The number of pyridine rings is 1. The molecule has 5 rings (SSSR count). The summed E-state index contributed by atoms with van der Waals surface area (Å²) >= 11 is 9.64. The molecule has 0 saturated carbocycles. The van der Waals surface area contributed by atoms with E-state index in [1.165, 1.54) is 20.5 Å². The van der Waals surface area contributed by atoms with Crippen LogP contribution in [0, 0.1) is 0 Å². The Hall–Kier alpha value is -1.95. The number of thioether (sulfide) groups is 1. The van der Waals surface area contributed by atoms with E-state index < -0.39 is 0 Å². The molecular formula is C24H22ClN3S2. The minimum absolute atomic E-state index is 0.0396. The lowest BCUT2D eigenvalue weighted by Gasteiger charge is -2.32. The number of benzene rings is 2. The molecule has 1 aromatic heterocycles. The van der Waals surface area contributed by atoms with Crippen molar-refractivity contribution in [3.63, 3.8) is 0 Å². The second-order valence-electron chi connectivity index (χ2n) is 7.46. The number of hydrogen-bond donors (Lipinski definition) is 0. The number of aliphatic imine (C=N–C) groups is 1. The molecule has 3 aromatic rings. The molecule has 2 aliphatic rings. The molecule has 3 nitrogen and oxygen atoms in total. The fraction of sp³-hybridized carbons (Fsp3) is 0.250. The fourth-order valence-corrected chi connectivity index (χ4v) is 6.36. The van der Waals surface area contributed by atoms with Crippen molar-refractivity contribution in [3.05, 3.63) is 89.2 Å². The van der Waals surface area contributed by atoms with Crippen molar-refractivity contribution in [3.8, 4) is 0 Å². The van der Waals surface area contributed by atoms with Gasteiger partial charge in [0.25, 0.3) is 0 Å². The van der Waals surface area contributed by atoms with Gasteiger partial charge in [0.05, 0.1) is 11.7 Å². The quantitative estimate of drug-likeness (QED) is 0.423. The van der Waals surface area contributed by atoms with E-state index in [4.69, 9.17) is 16.6 Å². The summed E-state index contributed by atoms with van der Waals surface area (Å²) in [5.41, 5.74) is 2.34. The Balaban J connectivity index is 1.44. The maximum Gasteiger partial charge on any atom is 0.160 e. The fourth-order valence-electron chi connectivity index (χ4n) is 4.08. The van der Waals surface area contributed by atoms with Crippen molar-refractivity contribution in [1.82, 2.24) is 9.88 Å². The number of aromatic nitrogens is 1. The van der Waals surface area contributed by atoms with Crippen LogP contribution >= 0.6 is 35.1 Å². The molecule has 6 heteroatoms. The number of amidine groups is 1. The summed E-state index contributed by atoms with van der Waals surface area (Å²) in [6.07, 6.45) is 2.99. The number of fused-ring (bicyclic) bond motifs is 1. The van der Waals surface area contributed by atoms with Crippen molar-refractivity contribution in [1.29, 1.82) is 0 Å². The Morgan fingerprint density at radius 2 is 1.77 bits per heavy atom. The monoisotopic (exact) mass is 451 g/mol. The van der Waals surface area contributed by atoms with E-state index in [1.807, 2.05) is 36.2 Å². The Morgan fingerprint density at radius 3 is 2.43 bits per heavy atom. The zero-order valence-electron chi connectivity index (χ0n) is 16.6. The minimum atomic E-state index is 0.0396. The highest BCUT2D eigenvalue weighted by Gasteiger charge is 2.45. The summed E-state index contributed by atoms with van der Waals surface area (Å²) in [4.78, 5) is 14.7. The van der Waals surface area contributed by atoms with E-state index in [1.54, 1.807) is 11.8 Å². The molecule has 0 amide bonds. The maximum absolute atomic E-state index is 6.01. The van der Waals surface area contributed by atoms with Gasteiger partial charge in [-0.3, -0.25) is 9.98 Å². The SMILES string of the molecule is CC[C@@H]1CSC2=N[C@H](c3ccccn3)[C@H](c3ccc(Sc4ccc(Cl)cc4)cc3)N21. The van der Waals surface area contributed by atoms with Gasteiger partial charge in [-0.2, -0.15) is 0 Å². The maximum atomic E-state index is 6.01. The van der Waals surface area contributed by atoms with Crippen LogP contribution in [0.2, 0.25) is 5.02 Å². The molecule has 0 radical (unpaired) electrons. The van der Waals surface area contributed by atoms with Crippen LogP contribution in [-0.4, -0.2) is 26.8 Å². The molecular weight excluding hydrogens is 430 g/mol. The third kappa shape index (κ3) is 3.86. The predicted molar refractivity (Wildman–Crippen MR) is 128 cm³/mol. The average Bonchev–Trinajstić information content (AvgIpc) is 3.36. The highest BCUT2D eigenvalue weighted by Crippen LogP contribution is 2.48. The smallest absolute Gasteiger partial charge is 0.160 e. The van der Waals surface area contributed by atoms with Crippen molar-refractivity contribution < 1.29 is 0 Å². The van der Waals surface area contributed by atoms with Crippen molar-refractivity contribution >= 4 is 40.3 Å². The third-order valence-electron chi connectivity index (χ3n) is 5.60. The Bertz CT molecular complexity index is 1040. The topological polar surface area (TPSA) is 28.5 Å². The van der Waals surface area contributed by atoms with E-state index in [9.17, 15) is 0 Å². The van der Waals surface area contributed by atoms with Crippen LogP contribution in [-0.2, 0) is 0 Å². The Morgan fingerprint density at radius 1 is 1.03 bits per heavy atom. The molecule has 0 bridgehead atoms. The van der Waals surface area contributed by atoms with Crippen molar-refractivity contribution in [2.24, 2.45) is 4.99 Å². The second kappa shape index (κ2) is 8.66. The van der Waals surface area contributed by atoms with Crippen LogP contribution in [0.25, 0.3) is 0 Å². The van der Waals surface area contributed by atoms with Crippen molar-refractivity contribution in [2.75, 3.05) is 5.75 Å². The van der Waals surface area contributed by atoms with Gasteiger partial charge in [0.2, 0.25) is 0 Å². The molecule has 0 aliphatic carbocycles. The number of halogens is 1. The first-order valence-electron chi connectivity index (χ1n) is 10.2. The predicted octanol–water partition coefficient (Wildman–Crippen LogP) is 6.87. The van der Waals surface area contributed by atoms with Gasteiger partial charge in [0, 0.05) is 32.8 Å². The summed E-state index contributed by atoms with van der Waals surface area (Å²) in [5, 5.41) is 1.93. The molecule has 2 aromatic carbocycles. The first-order valence-corrected chi connectivity index (χ1v) is 12.3. The van der Waals surface area contributed by atoms with Gasteiger partial charge >= 0.3 is 0 Å². The molecule has 1 saturated heterocycles. The molecule has 152 valence electrons. The van der Waals surface area contributed by atoms with Crippen LogP contribution in [0.1, 0.15) is 36.7 Å². The molecule has 3 atom stereocenters. The molecule has 0 N–H and O–H groups in total. The van der Waals surface area contributed by atoms with Crippen LogP contribution in [0.4, 0.5) is 0 Å². The standard InChI is InChI=1S/C24H22ClN3S2/c1-2-18-15-29-24-27-22(21-5-3-4-14-26-21)23(28(18)24)16-6-10-19(11-7-16)30-20-12-8-17(25)9-13-20/h3-14,18,22-23H,2,15H2,1H3/t18-,22-,23+/m1/s1. The first-order chi connectivity index (χ1) is 14.7. The zero-order valence-corrected chi connectivity index (χ0v) is 19.0. The minimum Gasteiger partial charge on any atom is -0.338 e. The number of rotatable bonds is 5.